The molecule has 0 saturated heterocycles. The molecule has 1 heterocycles. The molecule has 0 spiro atoms. The lowest BCUT2D eigenvalue weighted by molar-refractivity contribution is -0.140. The van der Waals surface area contributed by atoms with Crippen molar-refractivity contribution in [3.05, 3.63) is 46.4 Å². The maximum absolute atomic E-state index is 12.0. The van der Waals surface area contributed by atoms with Gasteiger partial charge in [0.25, 0.3) is 0 Å². The summed E-state index contributed by atoms with van der Waals surface area (Å²) in [4.78, 5) is 16.4. The second-order valence-electron chi connectivity index (χ2n) is 9.29. The Morgan fingerprint density at radius 1 is 1.19 bits per heavy atom. The van der Waals surface area contributed by atoms with Crippen molar-refractivity contribution in [3.63, 3.8) is 0 Å². The van der Waals surface area contributed by atoms with Crippen LogP contribution in [0.3, 0.4) is 0 Å². The lowest BCUT2D eigenvalue weighted by atomic mass is 9.84. The van der Waals surface area contributed by atoms with E-state index in [-0.39, 0.29) is 23.0 Å². The van der Waals surface area contributed by atoms with E-state index in [0.717, 1.165) is 68.3 Å². The molecular formula is C25H35ClN2O3. The molecule has 2 N–H and O–H groups in total. The largest absolute Gasteiger partial charge is 0.492 e. The quantitative estimate of drug-likeness (QED) is 0.432. The first-order valence-corrected chi connectivity index (χ1v) is 12.0. The Labute approximate surface area is 190 Å². The minimum Gasteiger partial charge on any atom is -0.492 e. The Bertz CT molecular complexity index is 870. The van der Waals surface area contributed by atoms with Crippen molar-refractivity contribution in [2.24, 2.45) is 11.8 Å². The second kappa shape index (κ2) is 10.5. The summed E-state index contributed by atoms with van der Waals surface area (Å²) in [5, 5.41) is 20.7. The molecule has 1 fully saturated rings. The number of carboxylic acids is 1. The van der Waals surface area contributed by atoms with Crippen LogP contribution in [0.2, 0.25) is 5.15 Å². The number of hydrogen-bond donors (Lipinski definition) is 2. The summed E-state index contributed by atoms with van der Waals surface area (Å²) in [5.74, 6) is 0.238. The van der Waals surface area contributed by atoms with Gasteiger partial charge in [-0.25, -0.2) is 4.98 Å². The number of imidazole rings is 1. The van der Waals surface area contributed by atoms with Crippen LogP contribution in [0.4, 0.5) is 0 Å². The third-order valence-electron chi connectivity index (χ3n) is 6.50. The van der Waals surface area contributed by atoms with Crippen LogP contribution in [0.1, 0.15) is 94.6 Å². The van der Waals surface area contributed by atoms with Gasteiger partial charge in [0.2, 0.25) is 5.88 Å². The van der Waals surface area contributed by atoms with Gasteiger partial charge in [0.15, 0.2) is 5.15 Å². The summed E-state index contributed by atoms with van der Waals surface area (Å²) in [7, 11) is 0. The van der Waals surface area contributed by atoms with Crippen LogP contribution in [0.5, 0.6) is 5.88 Å². The molecule has 0 bridgehead atoms. The van der Waals surface area contributed by atoms with E-state index in [9.17, 15) is 15.0 Å². The minimum atomic E-state index is -0.737. The molecule has 2 aromatic rings. The van der Waals surface area contributed by atoms with Crippen molar-refractivity contribution >= 4 is 17.6 Å². The maximum Gasteiger partial charge on any atom is 0.311 e. The number of aliphatic carboxylic acids is 1. The molecule has 1 saturated carbocycles. The third kappa shape index (κ3) is 5.43. The Kier molecular flexibility index (Phi) is 8.04. The van der Waals surface area contributed by atoms with Crippen molar-refractivity contribution in [3.8, 4) is 5.88 Å². The monoisotopic (exact) mass is 446 g/mol. The molecule has 0 aliphatic heterocycles. The van der Waals surface area contributed by atoms with E-state index in [1.165, 1.54) is 0 Å². The van der Waals surface area contributed by atoms with Crippen LogP contribution in [-0.2, 0) is 11.2 Å². The summed E-state index contributed by atoms with van der Waals surface area (Å²) in [6, 6.07) is 7.85. The highest BCUT2D eigenvalue weighted by Gasteiger charge is 2.32. The van der Waals surface area contributed by atoms with Crippen LogP contribution in [0.25, 0.3) is 0 Å². The van der Waals surface area contributed by atoms with Crippen LogP contribution < -0.4 is 0 Å². The van der Waals surface area contributed by atoms with Gasteiger partial charge in [-0.2, -0.15) is 0 Å². The molecular weight excluding hydrogens is 412 g/mol. The number of unbranched alkanes of at least 4 members (excludes halogenated alkanes) is 1. The molecule has 170 valence electrons. The first-order chi connectivity index (χ1) is 14.8. The minimum absolute atomic E-state index is 0.0110. The third-order valence-corrected chi connectivity index (χ3v) is 6.75. The topological polar surface area (TPSA) is 75.4 Å². The Hall–Kier alpha value is -2.01. The van der Waals surface area contributed by atoms with E-state index < -0.39 is 11.9 Å². The molecule has 2 unspecified atom stereocenters. The van der Waals surface area contributed by atoms with Gasteiger partial charge in [-0.1, -0.05) is 75.9 Å². The van der Waals surface area contributed by atoms with E-state index >= 15 is 0 Å². The number of nitrogens with zero attached hydrogens (tertiary/aromatic N) is 2. The van der Waals surface area contributed by atoms with Gasteiger partial charge in [0.1, 0.15) is 5.82 Å². The number of halogens is 1. The molecule has 3 rings (SSSR count). The van der Waals surface area contributed by atoms with Crippen molar-refractivity contribution in [2.75, 3.05) is 0 Å². The number of carboxylic acid groups (broad SMARTS) is 1. The first kappa shape index (κ1) is 23.6. The van der Waals surface area contributed by atoms with E-state index in [1.54, 1.807) is 0 Å². The van der Waals surface area contributed by atoms with Crippen molar-refractivity contribution in [1.29, 1.82) is 0 Å². The predicted octanol–water partition coefficient (Wildman–Crippen LogP) is 6.58. The Morgan fingerprint density at radius 3 is 2.35 bits per heavy atom. The molecule has 31 heavy (non-hydrogen) atoms. The fourth-order valence-corrected chi connectivity index (χ4v) is 5.14. The molecule has 1 aliphatic rings. The van der Waals surface area contributed by atoms with Gasteiger partial charge in [0, 0.05) is 6.42 Å². The summed E-state index contributed by atoms with van der Waals surface area (Å²) < 4.78 is 1.87. The maximum atomic E-state index is 12.0. The van der Waals surface area contributed by atoms with Crippen molar-refractivity contribution in [1.82, 2.24) is 9.55 Å². The summed E-state index contributed by atoms with van der Waals surface area (Å²) in [5.41, 5.74) is 1.90. The molecule has 0 amide bonds. The number of carbonyl (C=O) groups is 1. The summed E-state index contributed by atoms with van der Waals surface area (Å²) in [6.07, 6.45) is 7.78. The summed E-state index contributed by atoms with van der Waals surface area (Å²) in [6.45, 7) is 6.44. The van der Waals surface area contributed by atoms with Crippen LogP contribution in [0.15, 0.2) is 24.3 Å². The lowest BCUT2D eigenvalue weighted by Crippen LogP contribution is -2.20. The van der Waals surface area contributed by atoms with Gasteiger partial charge < -0.3 is 10.2 Å². The average Bonchev–Trinajstić information content (AvgIpc) is 3.34. The van der Waals surface area contributed by atoms with Gasteiger partial charge in [-0.3, -0.25) is 9.36 Å². The van der Waals surface area contributed by atoms with Gasteiger partial charge >= 0.3 is 5.97 Å². The van der Waals surface area contributed by atoms with E-state index in [4.69, 9.17) is 11.6 Å². The number of rotatable bonds is 10. The molecule has 1 aromatic heterocycles. The van der Waals surface area contributed by atoms with Crippen molar-refractivity contribution < 1.29 is 15.0 Å². The van der Waals surface area contributed by atoms with Crippen molar-refractivity contribution in [2.45, 2.75) is 84.1 Å². The van der Waals surface area contributed by atoms with E-state index in [0.29, 0.717) is 5.92 Å². The van der Waals surface area contributed by atoms with E-state index in [2.05, 4.69) is 25.8 Å². The van der Waals surface area contributed by atoms with E-state index in [1.807, 2.05) is 28.8 Å². The number of aromatic nitrogens is 2. The Balaban J connectivity index is 1.96. The molecule has 5 nitrogen and oxygen atoms in total. The smallest absolute Gasteiger partial charge is 0.311 e. The SMILES string of the molecule is CCCCc1nc(Cl)c(O)n1C(CC(C)C)c1ccc(C(C(=O)O)C2CCCC2)cc1. The molecule has 1 aliphatic carbocycles. The fraction of sp³-hybridized carbons (Fsp3) is 0.600. The van der Waals surface area contributed by atoms with Crippen LogP contribution in [-0.4, -0.2) is 25.7 Å². The number of hydrogen-bond acceptors (Lipinski definition) is 3. The fourth-order valence-electron chi connectivity index (χ4n) is 4.95. The number of aromatic hydroxyl groups is 1. The molecule has 6 heteroatoms. The summed E-state index contributed by atoms with van der Waals surface area (Å²) >= 11 is 6.21. The number of benzene rings is 1. The zero-order valence-electron chi connectivity index (χ0n) is 18.9. The highest BCUT2D eigenvalue weighted by molar-refractivity contribution is 6.30. The van der Waals surface area contributed by atoms with Gasteiger partial charge in [-0.15, -0.1) is 0 Å². The standard InChI is InChI=1S/C25H35ClN2O3/c1-4-5-10-21-27-23(26)24(29)28(21)20(15-16(2)3)17-11-13-19(14-12-17)22(25(30)31)18-8-6-7-9-18/h11-14,16,18,20,22,29H,4-10,15H2,1-3H3,(H,30,31). The second-order valence-corrected chi connectivity index (χ2v) is 9.65. The lowest BCUT2D eigenvalue weighted by Gasteiger charge is -2.25. The van der Waals surface area contributed by atoms with Gasteiger partial charge in [-0.05, 0) is 48.6 Å². The Morgan fingerprint density at radius 2 is 1.81 bits per heavy atom. The average molecular weight is 447 g/mol. The zero-order chi connectivity index (χ0) is 22.5. The van der Waals surface area contributed by atoms with Crippen LogP contribution >= 0.6 is 11.6 Å². The molecule has 2 atom stereocenters. The van der Waals surface area contributed by atoms with Gasteiger partial charge in [0.05, 0.1) is 12.0 Å². The first-order valence-electron chi connectivity index (χ1n) is 11.6. The molecule has 0 radical (unpaired) electrons. The van der Waals surface area contributed by atoms with Crippen LogP contribution in [0, 0.1) is 11.8 Å². The highest BCUT2D eigenvalue weighted by atomic mass is 35.5. The normalized spacial score (nSPS) is 16.7. The zero-order valence-corrected chi connectivity index (χ0v) is 19.6. The molecule has 1 aromatic carbocycles. The number of aryl methyl sites for hydroxylation is 1. The predicted molar refractivity (Wildman–Crippen MR) is 124 cm³/mol. The highest BCUT2D eigenvalue weighted by Crippen LogP contribution is 2.39.